The highest BCUT2D eigenvalue weighted by atomic mass is 32.2. The van der Waals surface area contributed by atoms with E-state index in [4.69, 9.17) is 14.2 Å². The van der Waals surface area contributed by atoms with Gasteiger partial charge in [0.05, 0.1) is 42.8 Å². The van der Waals surface area contributed by atoms with Gasteiger partial charge < -0.3 is 14.2 Å². The molecule has 1 unspecified atom stereocenters. The first kappa shape index (κ1) is 22.8. The molecule has 3 heterocycles. The normalized spacial score (nSPS) is 24.2. The molecule has 0 bridgehead atoms. The summed E-state index contributed by atoms with van der Waals surface area (Å²) >= 11 is 0. The molecule has 0 saturated carbocycles. The molecule has 0 radical (unpaired) electrons. The number of hydrogen-bond donors (Lipinski definition) is 0. The van der Waals surface area contributed by atoms with E-state index in [0.29, 0.717) is 50.8 Å². The van der Waals surface area contributed by atoms with Gasteiger partial charge in [0, 0.05) is 38.2 Å². The summed E-state index contributed by atoms with van der Waals surface area (Å²) in [7, 11) is -7.12. The summed E-state index contributed by atoms with van der Waals surface area (Å²) in [5.74, 6) is 0.826. The number of sulfone groups is 1. The Morgan fingerprint density at radius 3 is 2.52 bits per heavy atom. The molecular formula is C20H30N2O7S2. The number of morpholine rings is 1. The van der Waals surface area contributed by atoms with Gasteiger partial charge in [-0.25, -0.2) is 16.8 Å². The Morgan fingerprint density at radius 1 is 1.06 bits per heavy atom. The standard InChI is InChI=1S/C20H30N2O7S2/c23-30(24)14-5-17(16-30)22(7-1-6-21-8-12-27-13-9-21)31(25,26)18-3-4-19-20(15-18)29-11-2-10-28-19/h3-4,15,17H,1-2,5-14,16H2. The minimum atomic E-state index is -3.89. The van der Waals surface area contributed by atoms with Gasteiger partial charge in [-0.1, -0.05) is 0 Å². The lowest BCUT2D eigenvalue weighted by atomic mass is 10.2. The van der Waals surface area contributed by atoms with E-state index in [1.165, 1.54) is 16.4 Å². The lowest BCUT2D eigenvalue weighted by molar-refractivity contribution is 0.0367. The molecule has 3 aliphatic heterocycles. The van der Waals surface area contributed by atoms with E-state index in [-0.39, 0.29) is 22.9 Å². The third kappa shape index (κ3) is 5.51. The van der Waals surface area contributed by atoms with Gasteiger partial charge in [0.25, 0.3) is 0 Å². The topological polar surface area (TPSA) is 102 Å². The maximum atomic E-state index is 13.6. The molecule has 0 aliphatic carbocycles. The molecule has 0 amide bonds. The molecule has 0 spiro atoms. The van der Waals surface area contributed by atoms with Crippen molar-refractivity contribution in [3.63, 3.8) is 0 Å². The molecule has 9 nitrogen and oxygen atoms in total. The van der Waals surface area contributed by atoms with E-state index in [9.17, 15) is 16.8 Å². The Bertz CT molecular complexity index is 975. The summed E-state index contributed by atoms with van der Waals surface area (Å²) in [6.07, 6.45) is 1.67. The number of hydrogen-bond acceptors (Lipinski definition) is 8. The van der Waals surface area contributed by atoms with Crippen LogP contribution < -0.4 is 9.47 Å². The van der Waals surface area contributed by atoms with Crippen molar-refractivity contribution in [1.82, 2.24) is 9.21 Å². The Labute approximate surface area is 184 Å². The molecule has 0 N–H and O–H groups in total. The maximum absolute atomic E-state index is 13.6. The summed E-state index contributed by atoms with van der Waals surface area (Å²) in [6.45, 7) is 5.01. The average Bonchev–Trinajstić information content (AvgIpc) is 2.96. The number of nitrogens with zero attached hydrogens (tertiary/aromatic N) is 2. The van der Waals surface area contributed by atoms with Gasteiger partial charge in [0.15, 0.2) is 21.3 Å². The van der Waals surface area contributed by atoms with Crippen molar-refractivity contribution in [2.45, 2.75) is 30.2 Å². The molecule has 1 atom stereocenters. The number of fused-ring (bicyclic) bond motifs is 1. The third-order valence-corrected chi connectivity index (χ3v) is 9.60. The molecule has 2 saturated heterocycles. The fourth-order valence-corrected chi connectivity index (χ4v) is 7.75. The fourth-order valence-electron chi connectivity index (χ4n) is 4.22. The third-order valence-electron chi connectivity index (χ3n) is 5.90. The van der Waals surface area contributed by atoms with Crippen LogP contribution in [0.15, 0.2) is 23.1 Å². The van der Waals surface area contributed by atoms with Crippen LogP contribution in [0.5, 0.6) is 11.5 Å². The predicted molar refractivity (Wildman–Crippen MR) is 115 cm³/mol. The lowest BCUT2D eigenvalue weighted by Crippen LogP contribution is -2.43. The molecule has 0 aromatic heterocycles. The average molecular weight is 475 g/mol. The van der Waals surface area contributed by atoms with Crippen LogP contribution in [0.4, 0.5) is 0 Å². The van der Waals surface area contributed by atoms with Crippen LogP contribution in [-0.4, -0.2) is 96.2 Å². The highest BCUT2D eigenvalue weighted by molar-refractivity contribution is 7.92. The Morgan fingerprint density at radius 2 is 1.81 bits per heavy atom. The number of rotatable bonds is 7. The van der Waals surface area contributed by atoms with Crippen molar-refractivity contribution >= 4 is 19.9 Å². The predicted octanol–water partition coefficient (Wildman–Crippen LogP) is 0.748. The minimum Gasteiger partial charge on any atom is -0.490 e. The number of sulfonamides is 1. The number of benzene rings is 1. The molecule has 2 fully saturated rings. The first-order chi connectivity index (χ1) is 14.9. The second-order valence-electron chi connectivity index (χ2n) is 8.14. The molecule has 1 aromatic carbocycles. The first-order valence-electron chi connectivity index (χ1n) is 10.8. The van der Waals surface area contributed by atoms with Gasteiger partial charge >= 0.3 is 0 Å². The molecule has 4 rings (SSSR count). The van der Waals surface area contributed by atoms with Gasteiger partial charge in [0.2, 0.25) is 10.0 Å². The molecule has 3 aliphatic rings. The van der Waals surface area contributed by atoms with Crippen LogP contribution >= 0.6 is 0 Å². The van der Waals surface area contributed by atoms with Gasteiger partial charge in [-0.15, -0.1) is 0 Å². The summed E-state index contributed by atoms with van der Waals surface area (Å²) in [6, 6.07) is 4.08. The van der Waals surface area contributed by atoms with Crippen molar-refractivity contribution in [3.8, 4) is 11.5 Å². The lowest BCUT2D eigenvalue weighted by Gasteiger charge is -2.30. The van der Waals surface area contributed by atoms with E-state index < -0.39 is 25.9 Å². The largest absolute Gasteiger partial charge is 0.490 e. The van der Waals surface area contributed by atoms with Gasteiger partial charge in [-0.3, -0.25) is 4.90 Å². The summed E-state index contributed by atoms with van der Waals surface area (Å²) < 4.78 is 69.3. The van der Waals surface area contributed by atoms with Crippen LogP contribution in [0.2, 0.25) is 0 Å². The van der Waals surface area contributed by atoms with Crippen LogP contribution in [-0.2, 0) is 24.6 Å². The van der Waals surface area contributed by atoms with Crippen LogP contribution in [0.1, 0.15) is 19.3 Å². The second kappa shape index (κ2) is 9.62. The quantitative estimate of drug-likeness (QED) is 0.571. The van der Waals surface area contributed by atoms with Crippen molar-refractivity contribution in [2.75, 3.05) is 64.1 Å². The maximum Gasteiger partial charge on any atom is 0.243 e. The first-order valence-corrected chi connectivity index (χ1v) is 14.0. The van der Waals surface area contributed by atoms with Crippen molar-refractivity contribution in [1.29, 1.82) is 0 Å². The Kier molecular flexibility index (Phi) is 7.07. The zero-order valence-electron chi connectivity index (χ0n) is 17.6. The van der Waals surface area contributed by atoms with E-state index in [1.54, 1.807) is 6.07 Å². The molecular weight excluding hydrogens is 444 g/mol. The summed E-state index contributed by atoms with van der Waals surface area (Å²) in [5, 5.41) is 0. The van der Waals surface area contributed by atoms with Crippen LogP contribution in [0.25, 0.3) is 0 Å². The highest BCUT2D eigenvalue weighted by Crippen LogP contribution is 2.34. The van der Waals surface area contributed by atoms with E-state index in [0.717, 1.165) is 26.1 Å². The van der Waals surface area contributed by atoms with Crippen molar-refractivity contribution in [2.24, 2.45) is 0 Å². The van der Waals surface area contributed by atoms with E-state index in [2.05, 4.69) is 4.90 Å². The monoisotopic (exact) mass is 474 g/mol. The molecule has 174 valence electrons. The SMILES string of the molecule is O=S1(=O)CCC(N(CCCN2CCOCC2)S(=O)(=O)c2ccc3c(c2)OCCCO3)C1. The van der Waals surface area contributed by atoms with E-state index >= 15 is 0 Å². The second-order valence-corrected chi connectivity index (χ2v) is 12.3. The molecule has 11 heteroatoms. The van der Waals surface area contributed by atoms with Crippen LogP contribution in [0.3, 0.4) is 0 Å². The van der Waals surface area contributed by atoms with Crippen molar-refractivity contribution < 1.29 is 31.0 Å². The zero-order chi connectivity index (χ0) is 21.9. The Balaban J connectivity index is 1.55. The van der Waals surface area contributed by atoms with Gasteiger partial charge in [0.1, 0.15) is 0 Å². The molecule has 1 aromatic rings. The number of ether oxygens (including phenoxy) is 3. The molecule has 31 heavy (non-hydrogen) atoms. The van der Waals surface area contributed by atoms with Gasteiger partial charge in [-0.05, 0) is 31.5 Å². The smallest absolute Gasteiger partial charge is 0.243 e. The van der Waals surface area contributed by atoms with Crippen molar-refractivity contribution in [3.05, 3.63) is 18.2 Å². The van der Waals surface area contributed by atoms with Crippen LogP contribution in [0, 0.1) is 0 Å². The summed E-state index contributed by atoms with van der Waals surface area (Å²) in [5.41, 5.74) is 0. The Hall–Kier alpha value is -1.40. The summed E-state index contributed by atoms with van der Waals surface area (Å²) in [4.78, 5) is 2.35. The van der Waals surface area contributed by atoms with E-state index in [1.807, 2.05) is 0 Å². The fraction of sp³-hybridized carbons (Fsp3) is 0.700. The highest BCUT2D eigenvalue weighted by Gasteiger charge is 2.39. The zero-order valence-corrected chi connectivity index (χ0v) is 19.2. The van der Waals surface area contributed by atoms with Gasteiger partial charge in [-0.2, -0.15) is 4.31 Å². The minimum absolute atomic E-state index is 0.0221.